The van der Waals surface area contributed by atoms with Crippen LogP contribution in [-0.4, -0.2) is 32.9 Å². The van der Waals surface area contributed by atoms with Crippen LogP contribution in [0, 0.1) is 0 Å². The van der Waals surface area contributed by atoms with Crippen molar-refractivity contribution in [1.82, 2.24) is 4.31 Å². The Hall–Kier alpha value is -0.910. The zero-order valence-corrected chi connectivity index (χ0v) is 11.9. The van der Waals surface area contributed by atoms with Crippen LogP contribution < -0.4 is 5.73 Å². The average Bonchev–Trinajstić information content (AvgIpc) is 2.37. The summed E-state index contributed by atoms with van der Waals surface area (Å²) in [6.45, 7) is 3.05. The van der Waals surface area contributed by atoms with Gasteiger partial charge >= 0.3 is 0 Å². The van der Waals surface area contributed by atoms with Gasteiger partial charge in [0.25, 0.3) is 0 Å². The van der Waals surface area contributed by atoms with Crippen molar-refractivity contribution in [3.63, 3.8) is 0 Å². The van der Waals surface area contributed by atoms with Gasteiger partial charge in [-0.15, -0.1) is 0 Å². The first-order valence-electron chi connectivity index (χ1n) is 6.27. The van der Waals surface area contributed by atoms with Crippen molar-refractivity contribution in [1.29, 1.82) is 0 Å². The molecule has 2 N–H and O–H groups in total. The van der Waals surface area contributed by atoms with Crippen molar-refractivity contribution in [3.05, 3.63) is 29.8 Å². The highest BCUT2D eigenvalue weighted by atomic mass is 32.2. The van der Waals surface area contributed by atoms with E-state index in [2.05, 4.69) is 6.92 Å². The molecule has 0 aliphatic carbocycles. The number of aryl methyl sites for hydroxylation is 1. The van der Waals surface area contributed by atoms with Crippen LogP contribution in [0.3, 0.4) is 0 Å². The van der Waals surface area contributed by atoms with Crippen LogP contribution in [-0.2, 0) is 16.4 Å². The maximum atomic E-state index is 12.2. The van der Waals surface area contributed by atoms with Gasteiger partial charge in [-0.05, 0) is 37.1 Å². The van der Waals surface area contributed by atoms with E-state index < -0.39 is 10.0 Å². The van der Waals surface area contributed by atoms with Crippen molar-refractivity contribution in [2.75, 3.05) is 20.1 Å². The molecule has 0 heterocycles. The highest BCUT2D eigenvalue weighted by Gasteiger charge is 2.19. The maximum absolute atomic E-state index is 12.2. The first-order chi connectivity index (χ1) is 8.52. The predicted molar refractivity (Wildman–Crippen MR) is 73.9 cm³/mol. The Labute approximate surface area is 110 Å². The molecule has 5 heteroatoms. The van der Waals surface area contributed by atoms with Gasteiger partial charge in [-0.25, -0.2) is 12.7 Å². The molecule has 0 aromatic heterocycles. The van der Waals surface area contributed by atoms with E-state index in [9.17, 15) is 8.42 Å². The van der Waals surface area contributed by atoms with Crippen LogP contribution in [0.5, 0.6) is 0 Å². The van der Waals surface area contributed by atoms with E-state index in [0.29, 0.717) is 24.4 Å². The van der Waals surface area contributed by atoms with Crippen molar-refractivity contribution in [3.8, 4) is 0 Å². The van der Waals surface area contributed by atoms with E-state index in [1.54, 1.807) is 19.2 Å². The van der Waals surface area contributed by atoms with Gasteiger partial charge in [0.05, 0.1) is 4.90 Å². The lowest BCUT2D eigenvalue weighted by Gasteiger charge is -2.16. The molecule has 1 rings (SSSR count). The Balaban J connectivity index is 2.84. The van der Waals surface area contributed by atoms with Crippen molar-refractivity contribution in [2.24, 2.45) is 5.73 Å². The fourth-order valence-electron chi connectivity index (χ4n) is 1.73. The molecule has 0 unspecified atom stereocenters. The van der Waals surface area contributed by atoms with E-state index in [4.69, 9.17) is 5.73 Å². The monoisotopic (exact) mass is 270 g/mol. The molecule has 1 aromatic carbocycles. The summed E-state index contributed by atoms with van der Waals surface area (Å²) >= 11 is 0. The van der Waals surface area contributed by atoms with Crippen LogP contribution in [0.15, 0.2) is 29.2 Å². The average molecular weight is 270 g/mol. The molecular weight excluding hydrogens is 248 g/mol. The third-order valence-corrected chi connectivity index (χ3v) is 4.72. The van der Waals surface area contributed by atoms with E-state index >= 15 is 0 Å². The van der Waals surface area contributed by atoms with Gasteiger partial charge in [0.2, 0.25) is 10.0 Å². The predicted octanol–water partition coefficient (Wildman–Crippen LogP) is 1.61. The fourth-order valence-corrected chi connectivity index (χ4v) is 2.94. The minimum absolute atomic E-state index is 0.349. The Kier molecular flexibility index (Phi) is 5.78. The number of nitrogens with two attached hydrogens (primary N) is 1. The lowest BCUT2D eigenvalue weighted by molar-refractivity contribution is 0.463. The van der Waals surface area contributed by atoms with Crippen molar-refractivity contribution >= 4 is 10.0 Å². The lowest BCUT2D eigenvalue weighted by Crippen LogP contribution is -2.29. The molecule has 18 heavy (non-hydrogen) atoms. The zero-order valence-electron chi connectivity index (χ0n) is 11.1. The lowest BCUT2D eigenvalue weighted by atomic mass is 10.1. The summed E-state index contributed by atoms with van der Waals surface area (Å²) in [5.74, 6) is 0. The van der Waals surface area contributed by atoms with Gasteiger partial charge in [-0.2, -0.15) is 0 Å². The van der Waals surface area contributed by atoms with Crippen molar-refractivity contribution in [2.45, 2.75) is 31.1 Å². The van der Waals surface area contributed by atoms with E-state index in [1.165, 1.54) is 9.87 Å². The summed E-state index contributed by atoms with van der Waals surface area (Å²) in [6.07, 6.45) is 2.70. The zero-order chi connectivity index (χ0) is 13.6. The van der Waals surface area contributed by atoms with Crippen LogP contribution in [0.1, 0.15) is 25.3 Å². The Morgan fingerprint density at radius 3 is 2.33 bits per heavy atom. The highest BCUT2D eigenvalue weighted by Crippen LogP contribution is 2.16. The standard InChI is InChI=1S/C13H22N2O2S/c1-3-5-12-6-8-13(9-7-12)18(16,17)15(2)11-4-10-14/h6-9H,3-5,10-11,14H2,1-2H3. The van der Waals surface area contributed by atoms with E-state index in [1.807, 2.05) is 12.1 Å². The number of benzene rings is 1. The van der Waals surface area contributed by atoms with Crippen LogP contribution >= 0.6 is 0 Å². The number of sulfonamides is 1. The molecule has 0 atom stereocenters. The van der Waals surface area contributed by atoms with Gasteiger partial charge in [-0.1, -0.05) is 25.5 Å². The molecule has 102 valence electrons. The second-order valence-electron chi connectivity index (χ2n) is 4.36. The number of rotatable bonds is 7. The van der Waals surface area contributed by atoms with Gasteiger partial charge < -0.3 is 5.73 Å². The number of hydrogen-bond donors (Lipinski definition) is 1. The maximum Gasteiger partial charge on any atom is 0.242 e. The topological polar surface area (TPSA) is 63.4 Å². The summed E-state index contributed by atoms with van der Waals surface area (Å²) in [5.41, 5.74) is 6.56. The van der Waals surface area contributed by atoms with Gasteiger partial charge in [0.1, 0.15) is 0 Å². The quantitative estimate of drug-likeness (QED) is 0.818. The number of nitrogens with zero attached hydrogens (tertiary/aromatic N) is 1. The van der Waals surface area contributed by atoms with E-state index in [-0.39, 0.29) is 0 Å². The Bertz CT molecular complexity index is 454. The minimum atomic E-state index is -3.37. The second kappa shape index (κ2) is 6.87. The molecular formula is C13H22N2O2S. The summed E-state index contributed by atoms with van der Waals surface area (Å²) in [4.78, 5) is 0.349. The largest absolute Gasteiger partial charge is 0.330 e. The smallest absolute Gasteiger partial charge is 0.242 e. The summed E-state index contributed by atoms with van der Waals surface area (Å²) in [6, 6.07) is 7.12. The van der Waals surface area contributed by atoms with Gasteiger partial charge in [0.15, 0.2) is 0 Å². The molecule has 0 saturated heterocycles. The second-order valence-corrected chi connectivity index (χ2v) is 6.41. The molecule has 0 saturated carbocycles. The molecule has 0 spiro atoms. The molecule has 0 aliphatic rings. The van der Waals surface area contributed by atoms with E-state index in [0.717, 1.165) is 12.8 Å². The fraction of sp³-hybridized carbons (Fsp3) is 0.538. The van der Waals surface area contributed by atoms with Crippen LogP contribution in [0.2, 0.25) is 0 Å². The minimum Gasteiger partial charge on any atom is -0.330 e. The van der Waals surface area contributed by atoms with Crippen LogP contribution in [0.25, 0.3) is 0 Å². The summed E-state index contributed by atoms with van der Waals surface area (Å²) < 4.78 is 25.7. The summed E-state index contributed by atoms with van der Waals surface area (Å²) in [5, 5.41) is 0. The first kappa shape index (κ1) is 15.1. The highest BCUT2D eigenvalue weighted by molar-refractivity contribution is 7.89. The van der Waals surface area contributed by atoms with Crippen LogP contribution in [0.4, 0.5) is 0 Å². The molecule has 0 radical (unpaired) electrons. The van der Waals surface area contributed by atoms with Gasteiger partial charge in [0, 0.05) is 13.6 Å². The Morgan fingerprint density at radius 1 is 1.22 bits per heavy atom. The summed E-state index contributed by atoms with van der Waals surface area (Å²) in [7, 11) is -1.78. The first-order valence-corrected chi connectivity index (χ1v) is 7.71. The Morgan fingerprint density at radius 2 is 1.83 bits per heavy atom. The molecule has 0 aliphatic heterocycles. The number of hydrogen-bond acceptors (Lipinski definition) is 3. The third kappa shape index (κ3) is 3.80. The normalized spacial score (nSPS) is 12.0. The molecule has 0 fully saturated rings. The van der Waals surface area contributed by atoms with Crippen molar-refractivity contribution < 1.29 is 8.42 Å². The molecule has 4 nitrogen and oxygen atoms in total. The molecule has 0 bridgehead atoms. The third-order valence-electron chi connectivity index (χ3n) is 2.85. The van der Waals surface area contributed by atoms with Gasteiger partial charge in [-0.3, -0.25) is 0 Å². The molecule has 1 aromatic rings. The molecule has 0 amide bonds. The SMILES string of the molecule is CCCc1ccc(S(=O)(=O)N(C)CCCN)cc1.